The van der Waals surface area contributed by atoms with Gasteiger partial charge in [0.15, 0.2) is 16.6 Å². The lowest BCUT2D eigenvalue weighted by Crippen LogP contribution is -2.46. The van der Waals surface area contributed by atoms with Gasteiger partial charge in [-0.25, -0.2) is 0 Å². The van der Waals surface area contributed by atoms with E-state index in [0.717, 1.165) is 25.7 Å². The van der Waals surface area contributed by atoms with E-state index in [1.54, 1.807) is 0 Å². The second-order valence-electron chi connectivity index (χ2n) is 11.3. The molecule has 0 bridgehead atoms. The van der Waals surface area contributed by atoms with Crippen molar-refractivity contribution < 1.29 is 13.6 Å². The van der Waals surface area contributed by atoms with Gasteiger partial charge in [0, 0.05) is 25.0 Å². The fraction of sp³-hybridized carbons (Fsp3) is 1.00. The third kappa shape index (κ3) is 5.41. The summed E-state index contributed by atoms with van der Waals surface area (Å²) in [7, 11) is -3.46. The van der Waals surface area contributed by atoms with Gasteiger partial charge >= 0.3 is 0 Å². The molecular formula is C20H42O3Si2. The maximum Gasteiger partial charge on any atom is 0.192 e. The van der Waals surface area contributed by atoms with Gasteiger partial charge < -0.3 is 13.6 Å². The first kappa shape index (κ1) is 21.6. The molecule has 3 nitrogen and oxygen atoms in total. The summed E-state index contributed by atoms with van der Waals surface area (Å²) in [6.07, 6.45) is 5.84. The zero-order chi connectivity index (χ0) is 19.3. The molecule has 2 rings (SSSR count). The molecule has 4 atom stereocenters. The lowest BCUT2D eigenvalue weighted by molar-refractivity contribution is 0.105. The highest BCUT2D eigenvalue weighted by Crippen LogP contribution is 2.43. The van der Waals surface area contributed by atoms with Crippen LogP contribution < -0.4 is 0 Å². The minimum absolute atomic E-state index is 0.260. The number of fused-ring (bicyclic) bond motifs is 1. The Morgan fingerprint density at radius 2 is 1.00 bits per heavy atom. The van der Waals surface area contributed by atoms with Crippen molar-refractivity contribution in [1.82, 2.24) is 0 Å². The number of epoxide rings is 1. The Morgan fingerprint density at radius 3 is 1.28 bits per heavy atom. The zero-order valence-corrected chi connectivity index (χ0v) is 20.4. The van der Waals surface area contributed by atoms with Crippen molar-refractivity contribution in [3.63, 3.8) is 0 Å². The topological polar surface area (TPSA) is 31.0 Å². The van der Waals surface area contributed by atoms with E-state index in [4.69, 9.17) is 13.6 Å². The molecular weight excluding hydrogens is 344 g/mol. The van der Waals surface area contributed by atoms with Crippen LogP contribution in [0.4, 0.5) is 0 Å². The normalized spacial score (nSPS) is 31.9. The van der Waals surface area contributed by atoms with Crippen LogP contribution in [0.15, 0.2) is 0 Å². The van der Waals surface area contributed by atoms with Gasteiger partial charge in [-0.2, -0.15) is 0 Å². The first-order chi connectivity index (χ1) is 11.1. The van der Waals surface area contributed by atoms with Crippen LogP contribution in [-0.2, 0) is 13.6 Å². The molecule has 1 saturated heterocycles. The Labute approximate surface area is 158 Å². The zero-order valence-electron chi connectivity index (χ0n) is 18.4. The summed E-state index contributed by atoms with van der Waals surface area (Å²) in [6, 6.07) is 0. The predicted octanol–water partition coefficient (Wildman–Crippen LogP) is 6.11. The quantitative estimate of drug-likeness (QED) is 0.431. The summed E-state index contributed by atoms with van der Waals surface area (Å²) in [6.45, 7) is 23.4. The Bertz CT molecular complexity index is 421. The molecule has 0 N–H and O–H groups in total. The highest BCUT2D eigenvalue weighted by molar-refractivity contribution is 6.74. The van der Waals surface area contributed by atoms with Gasteiger partial charge in [-0.1, -0.05) is 41.5 Å². The molecule has 0 aromatic heterocycles. The lowest BCUT2D eigenvalue weighted by atomic mass is 9.97. The van der Waals surface area contributed by atoms with Gasteiger partial charge in [0.2, 0.25) is 0 Å². The maximum atomic E-state index is 6.74. The molecule has 0 unspecified atom stereocenters. The average Bonchev–Trinajstić information content (AvgIpc) is 3.07. The minimum Gasteiger partial charge on any atom is -0.414 e. The third-order valence-corrected chi connectivity index (χ3v) is 16.1. The van der Waals surface area contributed by atoms with Gasteiger partial charge in [-0.3, -0.25) is 0 Å². The minimum atomic E-state index is -1.73. The number of hydrogen-bond acceptors (Lipinski definition) is 3. The Kier molecular flexibility index (Phi) is 6.09. The van der Waals surface area contributed by atoms with Gasteiger partial charge in [0.25, 0.3) is 0 Å². The SMILES string of the molecule is CC(C)(C)[Si](C)(C)O[C@@H]1CC[C@H](O[Si](C)(C)C(C)(C)C)C[C@H]2O[C@H]2C1. The average molecular weight is 387 g/mol. The van der Waals surface area contributed by atoms with Crippen LogP contribution in [0.25, 0.3) is 0 Å². The summed E-state index contributed by atoms with van der Waals surface area (Å²) < 4.78 is 19.4. The highest BCUT2D eigenvalue weighted by atomic mass is 28.4. The van der Waals surface area contributed by atoms with E-state index >= 15 is 0 Å². The van der Waals surface area contributed by atoms with Crippen molar-refractivity contribution in [3.05, 3.63) is 0 Å². The predicted molar refractivity (Wildman–Crippen MR) is 111 cm³/mol. The third-order valence-electron chi connectivity index (χ3n) is 7.02. The van der Waals surface area contributed by atoms with Crippen molar-refractivity contribution in [2.45, 2.75) is 128 Å². The van der Waals surface area contributed by atoms with Gasteiger partial charge in [0.1, 0.15) is 0 Å². The van der Waals surface area contributed by atoms with Crippen LogP contribution in [0.3, 0.4) is 0 Å². The number of rotatable bonds is 4. The van der Waals surface area contributed by atoms with E-state index in [-0.39, 0.29) is 10.1 Å². The smallest absolute Gasteiger partial charge is 0.192 e. The molecule has 0 amide bonds. The van der Waals surface area contributed by atoms with Crippen LogP contribution in [0.1, 0.15) is 67.2 Å². The summed E-state index contributed by atoms with van der Waals surface area (Å²) in [4.78, 5) is 0. The van der Waals surface area contributed by atoms with E-state index < -0.39 is 16.6 Å². The molecule has 0 aromatic rings. The first-order valence-electron chi connectivity index (χ1n) is 10.1. The molecule has 2 fully saturated rings. The molecule has 0 radical (unpaired) electrons. The maximum absolute atomic E-state index is 6.74. The molecule has 0 spiro atoms. The number of hydrogen-bond donors (Lipinski definition) is 0. The van der Waals surface area contributed by atoms with Crippen molar-refractivity contribution in [2.75, 3.05) is 0 Å². The second-order valence-corrected chi connectivity index (χ2v) is 20.8. The molecule has 25 heavy (non-hydrogen) atoms. The summed E-state index contributed by atoms with van der Waals surface area (Å²) in [5.74, 6) is 0. The van der Waals surface area contributed by atoms with Gasteiger partial charge in [-0.15, -0.1) is 0 Å². The largest absolute Gasteiger partial charge is 0.414 e. The Balaban J connectivity index is 2.01. The van der Waals surface area contributed by atoms with Gasteiger partial charge in [-0.05, 0) is 49.1 Å². The van der Waals surface area contributed by atoms with E-state index in [1.165, 1.54) is 0 Å². The fourth-order valence-electron chi connectivity index (χ4n) is 3.12. The summed E-state index contributed by atoms with van der Waals surface area (Å²) >= 11 is 0. The van der Waals surface area contributed by atoms with Crippen molar-refractivity contribution in [2.24, 2.45) is 0 Å². The van der Waals surface area contributed by atoms with E-state index in [0.29, 0.717) is 24.4 Å². The van der Waals surface area contributed by atoms with E-state index in [9.17, 15) is 0 Å². The Morgan fingerprint density at radius 1 is 0.680 bits per heavy atom. The highest BCUT2D eigenvalue weighted by Gasteiger charge is 2.48. The molecule has 5 heteroatoms. The second kappa shape index (κ2) is 7.04. The van der Waals surface area contributed by atoms with Crippen LogP contribution in [0.2, 0.25) is 36.3 Å². The van der Waals surface area contributed by atoms with E-state index in [1.807, 2.05) is 0 Å². The van der Waals surface area contributed by atoms with Crippen LogP contribution in [-0.4, -0.2) is 41.1 Å². The van der Waals surface area contributed by atoms with Crippen molar-refractivity contribution in [1.29, 1.82) is 0 Å². The number of ether oxygens (including phenoxy) is 1. The molecule has 148 valence electrons. The fourth-order valence-corrected chi connectivity index (χ4v) is 5.92. The molecule has 1 aliphatic heterocycles. The molecule has 1 heterocycles. The molecule has 0 aromatic carbocycles. The van der Waals surface area contributed by atoms with Crippen LogP contribution >= 0.6 is 0 Å². The molecule has 2 aliphatic rings. The summed E-state index contributed by atoms with van der Waals surface area (Å²) in [5.41, 5.74) is 0. The monoisotopic (exact) mass is 386 g/mol. The van der Waals surface area contributed by atoms with Crippen molar-refractivity contribution in [3.8, 4) is 0 Å². The van der Waals surface area contributed by atoms with Gasteiger partial charge in [0.05, 0.1) is 12.2 Å². The molecule has 1 saturated carbocycles. The lowest BCUT2D eigenvalue weighted by Gasteiger charge is -2.41. The van der Waals surface area contributed by atoms with Crippen molar-refractivity contribution >= 4 is 16.6 Å². The van der Waals surface area contributed by atoms with Crippen LogP contribution in [0.5, 0.6) is 0 Å². The first-order valence-corrected chi connectivity index (χ1v) is 16.0. The van der Waals surface area contributed by atoms with Crippen LogP contribution in [0, 0.1) is 0 Å². The Hall–Kier alpha value is 0.314. The van der Waals surface area contributed by atoms with E-state index in [2.05, 4.69) is 67.7 Å². The molecule has 1 aliphatic carbocycles. The summed E-state index contributed by atoms with van der Waals surface area (Å²) in [5, 5.41) is 0.520. The standard InChI is InChI=1S/C20H42O3Si2/c1-19(2,3)24(7,8)22-15-11-12-16(14-18-17(13-15)21-18)23-25(9,10)20(4,5)6/h15-18H,11-14H2,1-10H3/t15-,16+,17+,18-.